The van der Waals surface area contributed by atoms with E-state index in [4.69, 9.17) is 10.5 Å². The van der Waals surface area contributed by atoms with Crippen LogP contribution in [0.25, 0.3) is 16.9 Å². The first-order valence-corrected chi connectivity index (χ1v) is 12.7. The number of rotatable bonds is 6. The van der Waals surface area contributed by atoms with Crippen molar-refractivity contribution in [2.45, 2.75) is 19.1 Å². The fraction of sp³-hybridized carbons (Fsp3) is 0.321. The van der Waals surface area contributed by atoms with Crippen molar-refractivity contribution in [2.24, 2.45) is 0 Å². The van der Waals surface area contributed by atoms with Crippen molar-refractivity contribution in [3.63, 3.8) is 0 Å². The number of methoxy groups -OCH3 is 1. The van der Waals surface area contributed by atoms with Gasteiger partial charge in [-0.25, -0.2) is 9.50 Å². The summed E-state index contributed by atoms with van der Waals surface area (Å²) >= 11 is 0. The van der Waals surface area contributed by atoms with Crippen LogP contribution in [0, 0.1) is 6.92 Å². The van der Waals surface area contributed by atoms with Crippen LogP contribution in [-0.4, -0.2) is 75.3 Å². The highest BCUT2D eigenvalue weighted by atomic mass is 19.4. The van der Waals surface area contributed by atoms with Gasteiger partial charge in [-0.05, 0) is 48.9 Å². The number of alkyl halides is 3. The Labute approximate surface area is 228 Å². The molecule has 1 saturated heterocycles. The number of nitrogen functional groups attached to an aromatic ring is 1. The number of aromatic nitrogens is 3. The van der Waals surface area contributed by atoms with Crippen molar-refractivity contribution >= 4 is 17.2 Å². The van der Waals surface area contributed by atoms with E-state index in [9.17, 15) is 23.1 Å². The van der Waals surface area contributed by atoms with E-state index in [0.29, 0.717) is 47.7 Å². The van der Waals surface area contributed by atoms with Gasteiger partial charge in [0, 0.05) is 43.0 Å². The summed E-state index contributed by atoms with van der Waals surface area (Å²) in [7, 11) is 1.50. The normalized spacial score (nSPS) is 15.4. The van der Waals surface area contributed by atoms with Crippen molar-refractivity contribution in [3.8, 4) is 17.0 Å². The van der Waals surface area contributed by atoms with E-state index >= 15 is 0 Å². The first-order chi connectivity index (χ1) is 19.1. The van der Waals surface area contributed by atoms with Crippen LogP contribution in [0.15, 0.2) is 54.7 Å². The zero-order valence-electron chi connectivity index (χ0n) is 22.0. The summed E-state index contributed by atoms with van der Waals surface area (Å²) in [6, 6.07) is 13.5. The molecule has 1 fully saturated rings. The monoisotopic (exact) mass is 554 g/mol. The van der Waals surface area contributed by atoms with Gasteiger partial charge in [-0.15, -0.1) is 0 Å². The smallest absolute Gasteiger partial charge is 0.433 e. The fourth-order valence-electron chi connectivity index (χ4n) is 5.19. The van der Waals surface area contributed by atoms with Gasteiger partial charge in [-0.1, -0.05) is 12.1 Å². The molecule has 9 nitrogen and oxygen atoms in total. The third-order valence-corrected chi connectivity index (χ3v) is 7.26. The van der Waals surface area contributed by atoms with Gasteiger partial charge in [0.15, 0.2) is 11.3 Å². The van der Waals surface area contributed by atoms with Crippen LogP contribution in [0.4, 0.5) is 18.9 Å². The standard InChI is InChI=1S/C28H29F3N6O3/c1-17-24(18-6-8-21(40-2)9-7-18)34-26-22(15-33-37(26)25(17)28(29,30)31)27(39)36-12-10-35(11-13-36)23(16-38)19-4-3-5-20(32)14-19/h3-9,14-15,23,38H,10-13,16,32H2,1-2H3/t23-/m1/s1. The molecule has 1 aliphatic rings. The number of aliphatic hydroxyl groups is 1. The maximum absolute atomic E-state index is 14.2. The van der Waals surface area contributed by atoms with Crippen LogP contribution in [0.5, 0.6) is 5.75 Å². The third kappa shape index (κ3) is 5.07. The Kier molecular flexibility index (Phi) is 7.39. The molecule has 1 atom stereocenters. The highest BCUT2D eigenvalue weighted by molar-refractivity contribution is 6.00. The van der Waals surface area contributed by atoms with Gasteiger partial charge in [-0.2, -0.15) is 18.3 Å². The molecule has 12 heteroatoms. The average molecular weight is 555 g/mol. The number of nitrogens with zero attached hydrogens (tertiary/aromatic N) is 5. The lowest BCUT2D eigenvalue weighted by molar-refractivity contribution is -0.143. The lowest BCUT2D eigenvalue weighted by atomic mass is 10.0. The second-order valence-electron chi connectivity index (χ2n) is 9.65. The van der Waals surface area contributed by atoms with Gasteiger partial charge in [0.25, 0.3) is 5.91 Å². The van der Waals surface area contributed by atoms with Gasteiger partial charge in [0.2, 0.25) is 0 Å². The molecular formula is C28H29F3N6O3. The highest BCUT2D eigenvalue weighted by Crippen LogP contribution is 2.37. The first-order valence-electron chi connectivity index (χ1n) is 12.7. The lowest BCUT2D eigenvalue weighted by Crippen LogP contribution is -2.50. The quantitative estimate of drug-likeness (QED) is 0.349. The molecule has 0 aliphatic carbocycles. The van der Waals surface area contributed by atoms with Gasteiger partial charge in [0.1, 0.15) is 11.3 Å². The average Bonchev–Trinajstić information content (AvgIpc) is 3.35. The largest absolute Gasteiger partial charge is 0.497 e. The van der Waals surface area contributed by atoms with E-state index in [0.717, 1.165) is 11.8 Å². The van der Waals surface area contributed by atoms with E-state index in [2.05, 4.69) is 15.0 Å². The second kappa shape index (κ2) is 10.8. The molecule has 2 aromatic heterocycles. The van der Waals surface area contributed by atoms with Crippen LogP contribution in [0.1, 0.15) is 33.2 Å². The number of carbonyl (C=O) groups excluding carboxylic acids is 1. The van der Waals surface area contributed by atoms with Crippen LogP contribution in [0.3, 0.4) is 0 Å². The van der Waals surface area contributed by atoms with Crippen molar-refractivity contribution in [2.75, 3.05) is 45.6 Å². The molecule has 3 N–H and O–H groups in total. The molecule has 1 amide bonds. The van der Waals surface area contributed by atoms with Crippen LogP contribution < -0.4 is 10.5 Å². The zero-order chi connectivity index (χ0) is 28.6. The van der Waals surface area contributed by atoms with E-state index < -0.39 is 17.8 Å². The molecule has 40 heavy (non-hydrogen) atoms. The molecule has 0 bridgehead atoms. The molecule has 4 aromatic rings. The summed E-state index contributed by atoms with van der Waals surface area (Å²) in [4.78, 5) is 21.7. The summed E-state index contributed by atoms with van der Waals surface area (Å²) in [6.45, 7) is 2.78. The Morgan fingerprint density at radius 2 is 1.82 bits per heavy atom. The number of amides is 1. The summed E-state index contributed by atoms with van der Waals surface area (Å²) < 4.78 is 48.6. The van der Waals surface area contributed by atoms with Gasteiger partial charge in [0.05, 0.1) is 31.6 Å². The maximum atomic E-state index is 14.2. The van der Waals surface area contributed by atoms with E-state index in [1.165, 1.54) is 14.0 Å². The number of anilines is 1. The van der Waals surface area contributed by atoms with Crippen LogP contribution >= 0.6 is 0 Å². The summed E-state index contributed by atoms with van der Waals surface area (Å²) in [5.74, 6) is 0.0985. The Morgan fingerprint density at radius 3 is 2.42 bits per heavy atom. The molecule has 1 aliphatic heterocycles. The first kappa shape index (κ1) is 27.4. The summed E-state index contributed by atoms with van der Waals surface area (Å²) in [5.41, 5.74) is 6.67. The minimum atomic E-state index is -4.73. The van der Waals surface area contributed by atoms with Gasteiger partial charge >= 0.3 is 6.18 Å². The number of ether oxygens (including phenoxy) is 1. The van der Waals surface area contributed by atoms with Crippen LogP contribution in [0.2, 0.25) is 0 Å². The predicted octanol–water partition coefficient (Wildman–Crippen LogP) is 3.81. The molecule has 210 valence electrons. The number of nitrogens with two attached hydrogens (primary N) is 1. The van der Waals surface area contributed by atoms with Gasteiger partial charge in [-0.3, -0.25) is 9.69 Å². The van der Waals surface area contributed by atoms with Gasteiger partial charge < -0.3 is 20.5 Å². The molecular weight excluding hydrogens is 525 g/mol. The second-order valence-corrected chi connectivity index (χ2v) is 9.65. The van der Waals surface area contributed by atoms with E-state index in [-0.39, 0.29) is 35.1 Å². The predicted molar refractivity (Wildman–Crippen MR) is 143 cm³/mol. The minimum Gasteiger partial charge on any atom is -0.497 e. The van der Waals surface area contributed by atoms with Crippen molar-refractivity contribution in [3.05, 3.63) is 77.1 Å². The zero-order valence-corrected chi connectivity index (χ0v) is 22.0. The fourth-order valence-corrected chi connectivity index (χ4v) is 5.19. The molecule has 0 spiro atoms. The Morgan fingerprint density at radius 1 is 1.12 bits per heavy atom. The number of aliphatic hydroxyl groups excluding tert-OH is 1. The number of halogens is 3. The summed E-state index contributed by atoms with van der Waals surface area (Å²) in [6.07, 6.45) is -3.59. The van der Waals surface area contributed by atoms with E-state index in [1.807, 2.05) is 18.2 Å². The van der Waals surface area contributed by atoms with Crippen molar-refractivity contribution in [1.82, 2.24) is 24.4 Å². The molecule has 0 radical (unpaired) electrons. The number of carbonyl (C=O) groups is 1. The van der Waals surface area contributed by atoms with Crippen molar-refractivity contribution in [1.29, 1.82) is 0 Å². The molecule has 2 aromatic carbocycles. The number of hydrogen-bond donors (Lipinski definition) is 2. The Hall–Kier alpha value is -4.16. The SMILES string of the molecule is COc1ccc(-c2nc3c(C(=O)N4CCN([C@H](CO)c5cccc(N)c5)CC4)cnn3c(C(F)(F)F)c2C)cc1. The molecule has 3 heterocycles. The minimum absolute atomic E-state index is 0.0109. The number of fused-ring (bicyclic) bond motifs is 1. The third-order valence-electron chi connectivity index (χ3n) is 7.26. The molecule has 0 saturated carbocycles. The summed E-state index contributed by atoms with van der Waals surface area (Å²) in [5, 5.41) is 14.0. The topological polar surface area (TPSA) is 109 Å². The maximum Gasteiger partial charge on any atom is 0.433 e. The number of piperazine rings is 1. The Bertz CT molecular complexity index is 1530. The van der Waals surface area contributed by atoms with Crippen molar-refractivity contribution < 1.29 is 27.8 Å². The van der Waals surface area contributed by atoms with Crippen LogP contribution in [-0.2, 0) is 6.18 Å². The number of hydrogen-bond acceptors (Lipinski definition) is 7. The van der Waals surface area contributed by atoms with E-state index in [1.54, 1.807) is 35.2 Å². The highest BCUT2D eigenvalue weighted by Gasteiger charge is 2.39. The Balaban J connectivity index is 1.45. The molecule has 5 rings (SSSR count). The molecule has 0 unspecified atom stereocenters. The lowest BCUT2D eigenvalue weighted by Gasteiger charge is -2.38. The number of benzene rings is 2.